The van der Waals surface area contributed by atoms with Gasteiger partial charge in [0.25, 0.3) is 0 Å². The molecule has 140 valence electrons. The summed E-state index contributed by atoms with van der Waals surface area (Å²) in [5, 5.41) is 1.26. The molecule has 3 aromatic rings. The fourth-order valence-electron chi connectivity index (χ4n) is 3.66. The van der Waals surface area contributed by atoms with Crippen LogP contribution in [0.1, 0.15) is 27.2 Å². The van der Waals surface area contributed by atoms with Gasteiger partial charge in [-0.1, -0.05) is 30.3 Å². The number of aromatic amines is 1. The molecule has 1 saturated heterocycles. The summed E-state index contributed by atoms with van der Waals surface area (Å²) in [6.45, 7) is 4.41. The van der Waals surface area contributed by atoms with E-state index in [4.69, 9.17) is 9.47 Å². The van der Waals surface area contributed by atoms with Crippen LogP contribution in [-0.2, 0) is 22.4 Å². The Labute approximate surface area is 158 Å². The number of hydrogen-bond donors (Lipinski definition) is 1. The lowest BCUT2D eigenvalue weighted by Crippen LogP contribution is -2.36. The molecule has 4 rings (SSSR count). The van der Waals surface area contributed by atoms with Crippen LogP contribution >= 0.6 is 0 Å². The molecule has 5 heteroatoms. The van der Waals surface area contributed by atoms with E-state index in [0.717, 1.165) is 39.3 Å². The lowest BCUT2D eigenvalue weighted by atomic mass is 10.0. The van der Waals surface area contributed by atoms with Crippen LogP contribution in [0.25, 0.3) is 10.9 Å². The van der Waals surface area contributed by atoms with E-state index in [-0.39, 0.29) is 5.97 Å². The third-order valence-corrected chi connectivity index (χ3v) is 5.14. The molecule has 0 bridgehead atoms. The van der Waals surface area contributed by atoms with Crippen LogP contribution in [0.3, 0.4) is 0 Å². The Kier molecular flexibility index (Phi) is 5.23. The van der Waals surface area contributed by atoms with Gasteiger partial charge in [-0.25, -0.2) is 4.79 Å². The van der Waals surface area contributed by atoms with Crippen LogP contribution in [0, 0.1) is 0 Å². The molecule has 0 aliphatic carbocycles. The van der Waals surface area contributed by atoms with Gasteiger partial charge in [0.05, 0.1) is 25.9 Å². The van der Waals surface area contributed by atoms with Crippen LogP contribution < -0.4 is 0 Å². The molecule has 1 aliphatic heterocycles. The normalized spacial score (nSPS) is 15.1. The molecule has 2 aromatic carbocycles. The lowest BCUT2D eigenvalue weighted by Gasteiger charge is -2.26. The highest BCUT2D eigenvalue weighted by atomic mass is 16.5. The standard InChI is InChI=1S/C22H24N2O3/c1-26-22(25)17-8-6-16(7-9-17)14-19-18-4-2-3-5-20(18)23-21(19)15-24-10-12-27-13-11-24/h2-9,23H,10-15H2,1H3. The second-order valence-corrected chi connectivity index (χ2v) is 6.88. The second-order valence-electron chi connectivity index (χ2n) is 6.88. The first-order valence-electron chi connectivity index (χ1n) is 9.30. The molecule has 5 nitrogen and oxygen atoms in total. The summed E-state index contributed by atoms with van der Waals surface area (Å²) >= 11 is 0. The molecule has 0 saturated carbocycles. The van der Waals surface area contributed by atoms with E-state index < -0.39 is 0 Å². The van der Waals surface area contributed by atoms with E-state index in [9.17, 15) is 4.79 Å². The Bertz CT molecular complexity index is 924. The number of H-pyrrole nitrogens is 1. The highest BCUT2D eigenvalue weighted by molar-refractivity contribution is 5.89. The second kappa shape index (κ2) is 7.94. The number of carbonyl (C=O) groups excluding carboxylic acids is 1. The number of hydrogen-bond acceptors (Lipinski definition) is 4. The van der Waals surface area contributed by atoms with Gasteiger partial charge in [0.2, 0.25) is 0 Å². The van der Waals surface area contributed by atoms with E-state index in [2.05, 4.69) is 34.1 Å². The number of nitrogens with one attached hydrogen (secondary N) is 1. The summed E-state index contributed by atoms with van der Waals surface area (Å²) < 4.78 is 10.3. The number of benzene rings is 2. The summed E-state index contributed by atoms with van der Waals surface area (Å²) in [7, 11) is 1.40. The van der Waals surface area contributed by atoms with Crippen LogP contribution in [-0.4, -0.2) is 49.3 Å². The maximum absolute atomic E-state index is 11.6. The Morgan fingerprint density at radius 1 is 1.11 bits per heavy atom. The number of carbonyl (C=O) groups is 1. The summed E-state index contributed by atoms with van der Waals surface area (Å²) in [6.07, 6.45) is 0.825. The topological polar surface area (TPSA) is 54.6 Å². The number of ether oxygens (including phenoxy) is 2. The minimum Gasteiger partial charge on any atom is -0.465 e. The number of morpholine rings is 1. The molecule has 0 atom stereocenters. The molecular formula is C22H24N2O3. The number of rotatable bonds is 5. The van der Waals surface area contributed by atoms with Gasteiger partial charge in [0.1, 0.15) is 0 Å². The number of fused-ring (bicyclic) bond motifs is 1. The summed E-state index contributed by atoms with van der Waals surface area (Å²) in [5.74, 6) is -0.304. The van der Waals surface area contributed by atoms with Crippen molar-refractivity contribution in [2.45, 2.75) is 13.0 Å². The molecule has 1 aromatic heterocycles. The summed E-state index contributed by atoms with van der Waals surface area (Å²) in [5.41, 5.74) is 5.50. The van der Waals surface area contributed by atoms with Gasteiger partial charge in [0.15, 0.2) is 0 Å². The van der Waals surface area contributed by atoms with E-state index in [1.165, 1.54) is 34.8 Å². The highest BCUT2D eigenvalue weighted by Crippen LogP contribution is 2.26. The Morgan fingerprint density at radius 3 is 2.59 bits per heavy atom. The van der Waals surface area contributed by atoms with Crippen molar-refractivity contribution >= 4 is 16.9 Å². The molecule has 1 aliphatic rings. The zero-order valence-corrected chi connectivity index (χ0v) is 15.5. The van der Waals surface area contributed by atoms with Gasteiger partial charge < -0.3 is 14.5 Å². The minimum absolute atomic E-state index is 0.304. The lowest BCUT2D eigenvalue weighted by molar-refractivity contribution is 0.0336. The van der Waals surface area contributed by atoms with E-state index in [1.54, 1.807) is 0 Å². The van der Waals surface area contributed by atoms with Crippen LogP contribution in [0.2, 0.25) is 0 Å². The molecule has 27 heavy (non-hydrogen) atoms. The Morgan fingerprint density at radius 2 is 1.85 bits per heavy atom. The molecule has 0 radical (unpaired) electrons. The number of nitrogens with zero attached hydrogens (tertiary/aromatic N) is 1. The van der Waals surface area contributed by atoms with Gasteiger partial charge in [-0.05, 0) is 35.7 Å². The maximum atomic E-state index is 11.6. The van der Waals surface area contributed by atoms with Crippen molar-refractivity contribution in [3.8, 4) is 0 Å². The first kappa shape index (κ1) is 17.8. The van der Waals surface area contributed by atoms with Crippen LogP contribution in [0.4, 0.5) is 0 Å². The Hall–Kier alpha value is -2.63. The minimum atomic E-state index is -0.304. The molecule has 0 spiro atoms. The molecule has 0 unspecified atom stereocenters. The van der Waals surface area contributed by atoms with Gasteiger partial charge in [0, 0.05) is 36.2 Å². The van der Waals surface area contributed by atoms with Crippen molar-refractivity contribution in [3.05, 3.63) is 70.9 Å². The third-order valence-electron chi connectivity index (χ3n) is 5.14. The van der Waals surface area contributed by atoms with Crippen molar-refractivity contribution in [1.82, 2.24) is 9.88 Å². The van der Waals surface area contributed by atoms with Gasteiger partial charge >= 0.3 is 5.97 Å². The molecule has 1 fully saturated rings. The van der Waals surface area contributed by atoms with Gasteiger partial charge in [-0.15, -0.1) is 0 Å². The maximum Gasteiger partial charge on any atom is 0.337 e. The van der Waals surface area contributed by atoms with E-state index in [0.29, 0.717) is 5.56 Å². The van der Waals surface area contributed by atoms with Crippen molar-refractivity contribution in [3.63, 3.8) is 0 Å². The first-order valence-corrected chi connectivity index (χ1v) is 9.30. The van der Waals surface area contributed by atoms with Gasteiger partial charge in [-0.3, -0.25) is 4.90 Å². The summed E-state index contributed by atoms with van der Waals surface area (Å²) in [4.78, 5) is 17.7. The number of methoxy groups -OCH3 is 1. The zero-order valence-electron chi connectivity index (χ0n) is 15.5. The fourth-order valence-corrected chi connectivity index (χ4v) is 3.66. The predicted molar refractivity (Wildman–Crippen MR) is 105 cm³/mol. The molecule has 0 amide bonds. The molecule has 2 heterocycles. The summed E-state index contributed by atoms with van der Waals surface area (Å²) in [6, 6.07) is 16.1. The largest absolute Gasteiger partial charge is 0.465 e. The predicted octanol–water partition coefficient (Wildman–Crippen LogP) is 3.38. The quantitative estimate of drug-likeness (QED) is 0.705. The Balaban J connectivity index is 1.63. The van der Waals surface area contributed by atoms with Crippen molar-refractivity contribution < 1.29 is 14.3 Å². The number of esters is 1. The van der Waals surface area contributed by atoms with Crippen LogP contribution in [0.5, 0.6) is 0 Å². The zero-order chi connectivity index (χ0) is 18.6. The van der Waals surface area contributed by atoms with Crippen molar-refractivity contribution in [2.75, 3.05) is 33.4 Å². The van der Waals surface area contributed by atoms with E-state index >= 15 is 0 Å². The van der Waals surface area contributed by atoms with Gasteiger partial charge in [-0.2, -0.15) is 0 Å². The number of aromatic nitrogens is 1. The van der Waals surface area contributed by atoms with E-state index in [1.807, 2.05) is 24.3 Å². The fraction of sp³-hybridized carbons (Fsp3) is 0.318. The molecule has 1 N–H and O–H groups in total. The number of para-hydroxylation sites is 1. The highest BCUT2D eigenvalue weighted by Gasteiger charge is 2.17. The monoisotopic (exact) mass is 364 g/mol. The average Bonchev–Trinajstić information content (AvgIpc) is 3.06. The van der Waals surface area contributed by atoms with Crippen LogP contribution in [0.15, 0.2) is 48.5 Å². The molecular weight excluding hydrogens is 340 g/mol. The SMILES string of the molecule is COC(=O)c1ccc(Cc2c(CN3CCOCC3)[nH]c3ccccc23)cc1. The van der Waals surface area contributed by atoms with Crippen molar-refractivity contribution in [2.24, 2.45) is 0 Å². The first-order chi connectivity index (χ1) is 13.2. The average molecular weight is 364 g/mol. The third kappa shape index (κ3) is 3.89. The van der Waals surface area contributed by atoms with Crippen molar-refractivity contribution in [1.29, 1.82) is 0 Å². The smallest absolute Gasteiger partial charge is 0.337 e.